The van der Waals surface area contributed by atoms with Gasteiger partial charge in [-0.25, -0.2) is 0 Å². The Morgan fingerprint density at radius 2 is 1.92 bits per heavy atom. The van der Waals surface area contributed by atoms with Crippen molar-refractivity contribution in [3.8, 4) is 0 Å². The van der Waals surface area contributed by atoms with Gasteiger partial charge < -0.3 is 10.6 Å². The van der Waals surface area contributed by atoms with Gasteiger partial charge in [-0.15, -0.1) is 0 Å². The predicted octanol–water partition coefficient (Wildman–Crippen LogP) is 5.56. The van der Waals surface area contributed by atoms with E-state index in [1.54, 1.807) is 30.5 Å². The molecule has 0 bridgehead atoms. The zero-order chi connectivity index (χ0) is 18.5. The summed E-state index contributed by atoms with van der Waals surface area (Å²) in [5.41, 5.74) is 4.01. The molecule has 0 aliphatic heterocycles. The van der Waals surface area contributed by atoms with Gasteiger partial charge in [0.15, 0.2) is 0 Å². The molecule has 132 valence electrons. The van der Waals surface area contributed by atoms with E-state index in [2.05, 4.69) is 34.7 Å². The van der Waals surface area contributed by atoms with Crippen LogP contribution in [-0.2, 0) is 6.54 Å². The Labute approximate surface area is 162 Å². The third kappa shape index (κ3) is 4.75. The molecule has 0 spiro atoms. The summed E-state index contributed by atoms with van der Waals surface area (Å²) >= 11 is 12.0. The van der Waals surface area contributed by atoms with Gasteiger partial charge in [-0.3, -0.25) is 9.78 Å². The summed E-state index contributed by atoms with van der Waals surface area (Å²) in [7, 11) is 0. The molecule has 1 amide bonds. The van der Waals surface area contributed by atoms with Crippen LogP contribution in [0.25, 0.3) is 0 Å². The Balaban J connectivity index is 1.70. The van der Waals surface area contributed by atoms with E-state index >= 15 is 0 Å². The van der Waals surface area contributed by atoms with Crippen LogP contribution < -0.4 is 10.6 Å². The normalized spacial score (nSPS) is 10.4. The highest BCUT2D eigenvalue weighted by Crippen LogP contribution is 2.26. The largest absolute Gasteiger partial charge is 0.380 e. The molecule has 4 nitrogen and oxygen atoms in total. The van der Waals surface area contributed by atoms with Crippen LogP contribution in [0.5, 0.6) is 0 Å². The van der Waals surface area contributed by atoms with Crippen molar-refractivity contribution in [2.24, 2.45) is 0 Å². The zero-order valence-electron chi connectivity index (χ0n) is 14.1. The van der Waals surface area contributed by atoms with Crippen LogP contribution in [0.3, 0.4) is 0 Å². The van der Waals surface area contributed by atoms with E-state index in [1.165, 1.54) is 11.8 Å². The number of carbonyl (C=O) groups is 1. The molecule has 3 aromatic rings. The Morgan fingerprint density at radius 1 is 1.08 bits per heavy atom. The highest BCUT2D eigenvalue weighted by Gasteiger charge is 2.10. The second-order valence-electron chi connectivity index (χ2n) is 5.88. The maximum atomic E-state index is 12.5. The summed E-state index contributed by atoms with van der Waals surface area (Å²) < 4.78 is 0. The lowest BCUT2D eigenvalue weighted by atomic mass is 10.1. The molecular formula is C20H17Cl2N3O. The zero-order valence-corrected chi connectivity index (χ0v) is 15.6. The van der Waals surface area contributed by atoms with Gasteiger partial charge in [0.25, 0.3) is 5.91 Å². The standard InChI is InChI=1S/C20H17Cl2N3O/c1-13-3-2-4-14(7-13)10-24-17-8-15(11-23-12-17)20(26)25-19-9-16(21)5-6-18(19)22/h2-9,11-12,24H,10H2,1H3,(H,25,26). The summed E-state index contributed by atoms with van der Waals surface area (Å²) in [6, 6.07) is 14.9. The van der Waals surface area contributed by atoms with Crippen molar-refractivity contribution >= 4 is 40.5 Å². The van der Waals surface area contributed by atoms with E-state index in [0.717, 1.165) is 11.3 Å². The van der Waals surface area contributed by atoms with E-state index < -0.39 is 0 Å². The van der Waals surface area contributed by atoms with Gasteiger partial charge in [0, 0.05) is 24.0 Å². The SMILES string of the molecule is Cc1cccc(CNc2cncc(C(=O)Nc3cc(Cl)ccc3Cl)c2)c1. The highest BCUT2D eigenvalue weighted by molar-refractivity contribution is 6.35. The van der Waals surface area contributed by atoms with Crippen molar-refractivity contribution < 1.29 is 4.79 Å². The second kappa shape index (κ2) is 8.21. The van der Waals surface area contributed by atoms with Gasteiger partial charge in [0.1, 0.15) is 0 Å². The van der Waals surface area contributed by atoms with E-state index in [1.807, 2.05) is 12.1 Å². The molecule has 0 aliphatic rings. The molecule has 1 aromatic heterocycles. The number of amides is 1. The molecule has 0 saturated carbocycles. The summed E-state index contributed by atoms with van der Waals surface area (Å²) in [4.78, 5) is 16.6. The van der Waals surface area contributed by atoms with Crippen LogP contribution in [0.1, 0.15) is 21.5 Å². The van der Waals surface area contributed by atoms with Crippen LogP contribution in [0.15, 0.2) is 60.9 Å². The van der Waals surface area contributed by atoms with E-state index in [9.17, 15) is 4.79 Å². The molecular weight excluding hydrogens is 369 g/mol. The van der Waals surface area contributed by atoms with Crippen molar-refractivity contribution in [2.45, 2.75) is 13.5 Å². The summed E-state index contributed by atoms with van der Waals surface area (Å²) in [6.45, 7) is 2.70. The Morgan fingerprint density at radius 3 is 2.73 bits per heavy atom. The number of carbonyl (C=O) groups excluding carboxylic acids is 1. The number of halogens is 2. The molecule has 0 aliphatic carbocycles. The van der Waals surface area contributed by atoms with E-state index in [4.69, 9.17) is 23.2 Å². The number of hydrogen-bond acceptors (Lipinski definition) is 3. The molecule has 0 fully saturated rings. The van der Waals surface area contributed by atoms with Gasteiger partial charge in [-0.2, -0.15) is 0 Å². The fourth-order valence-corrected chi connectivity index (χ4v) is 2.81. The lowest BCUT2D eigenvalue weighted by molar-refractivity contribution is 0.102. The molecule has 26 heavy (non-hydrogen) atoms. The minimum atomic E-state index is -0.305. The number of hydrogen-bond donors (Lipinski definition) is 2. The molecule has 1 heterocycles. The average Bonchev–Trinajstić information content (AvgIpc) is 2.63. The van der Waals surface area contributed by atoms with Gasteiger partial charge in [-0.1, -0.05) is 53.0 Å². The number of nitrogens with zero attached hydrogens (tertiary/aromatic N) is 1. The maximum absolute atomic E-state index is 12.5. The first-order valence-corrected chi connectivity index (χ1v) is 8.78. The van der Waals surface area contributed by atoms with Gasteiger partial charge in [0.05, 0.1) is 22.0 Å². The fourth-order valence-electron chi connectivity index (χ4n) is 2.47. The number of anilines is 2. The summed E-state index contributed by atoms with van der Waals surface area (Å²) in [5, 5.41) is 6.95. The Kier molecular flexibility index (Phi) is 5.76. The molecule has 2 N–H and O–H groups in total. The van der Waals surface area contributed by atoms with Gasteiger partial charge in [0.2, 0.25) is 0 Å². The maximum Gasteiger partial charge on any atom is 0.257 e. The smallest absolute Gasteiger partial charge is 0.257 e. The molecule has 0 saturated heterocycles. The number of aromatic nitrogens is 1. The fraction of sp³-hybridized carbons (Fsp3) is 0.100. The number of nitrogens with one attached hydrogen (secondary N) is 2. The monoisotopic (exact) mass is 385 g/mol. The van der Waals surface area contributed by atoms with Crippen molar-refractivity contribution in [3.63, 3.8) is 0 Å². The third-order valence-electron chi connectivity index (χ3n) is 3.76. The number of benzene rings is 2. The number of aryl methyl sites for hydroxylation is 1. The molecule has 0 unspecified atom stereocenters. The van der Waals surface area contributed by atoms with Crippen LogP contribution in [0, 0.1) is 6.92 Å². The molecule has 0 radical (unpaired) electrons. The van der Waals surface area contributed by atoms with E-state index in [-0.39, 0.29) is 5.91 Å². The van der Waals surface area contributed by atoms with Crippen molar-refractivity contribution in [3.05, 3.63) is 87.7 Å². The van der Waals surface area contributed by atoms with Crippen LogP contribution in [0.2, 0.25) is 10.0 Å². The summed E-state index contributed by atoms with van der Waals surface area (Å²) in [6.07, 6.45) is 3.19. The van der Waals surface area contributed by atoms with Crippen molar-refractivity contribution in [1.82, 2.24) is 4.98 Å². The number of rotatable bonds is 5. The van der Waals surface area contributed by atoms with Crippen LogP contribution in [0.4, 0.5) is 11.4 Å². The van der Waals surface area contributed by atoms with Crippen LogP contribution in [-0.4, -0.2) is 10.9 Å². The number of pyridine rings is 1. The molecule has 0 atom stereocenters. The predicted molar refractivity (Wildman–Crippen MR) is 107 cm³/mol. The topological polar surface area (TPSA) is 54.0 Å². The molecule has 6 heteroatoms. The minimum absolute atomic E-state index is 0.305. The van der Waals surface area contributed by atoms with Crippen LogP contribution >= 0.6 is 23.2 Å². The molecule has 3 rings (SSSR count). The Hall–Kier alpha value is -2.56. The van der Waals surface area contributed by atoms with Crippen molar-refractivity contribution in [2.75, 3.05) is 10.6 Å². The first kappa shape index (κ1) is 18.2. The lowest BCUT2D eigenvalue weighted by Crippen LogP contribution is -2.13. The lowest BCUT2D eigenvalue weighted by Gasteiger charge is -2.10. The van der Waals surface area contributed by atoms with Gasteiger partial charge in [-0.05, 0) is 36.8 Å². The molecule has 2 aromatic carbocycles. The van der Waals surface area contributed by atoms with Gasteiger partial charge >= 0.3 is 0 Å². The first-order valence-electron chi connectivity index (χ1n) is 8.02. The van der Waals surface area contributed by atoms with E-state index in [0.29, 0.717) is 27.8 Å². The first-order chi connectivity index (χ1) is 12.5. The average molecular weight is 386 g/mol. The summed E-state index contributed by atoms with van der Waals surface area (Å²) in [5.74, 6) is -0.305. The van der Waals surface area contributed by atoms with Crippen molar-refractivity contribution in [1.29, 1.82) is 0 Å². The second-order valence-corrected chi connectivity index (χ2v) is 6.73. The minimum Gasteiger partial charge on any atom is -0.380 e. The quantitative estimate of drug-likeness (QED) is 0.604. The third-order valence-corrected chi connectivity index (χ3v) is 4.32. The highest BCUT2D eigenvalue weighted by atomic mass is 35.5. The Bertz CT molecular complexity index is 944.